The Labute approximate surface area is 349 Å². The van der Waals surface area contributed by atoms with Crippen molar-refractivity contribution < 1.29 is 96.9 Å². The van der Waals surface area contributed by atoms with Gasteiger partial charge in [-0.1, -0.05) is 32.9 Å². The van der Waals surface area contributed by atoms with Crippen LogP contribution in [-0.2, 0) is 71.3 Å². The van der Waals surface area contributed by atoms with Crippen LogP contribution in [0.3, 0.4) is 0 Å². The number of hydrogen-bond acceptors (Lipinski definition) is 20. The first-order chi connectivity index (χ1) is 28.0. The molecule has 5 N–H and O–H groups in total. The summed E-state index contributed by atoms with van der Waals surface area (Å²) in [7, 11) is 0. The van der Waals surface area contributed by atoms with Crippen molar-refractivity contribution in [2.24, 2.45) is 0 Å². The summed E-state index contributed by atoms with van der Waals surface area (Å²) in [5.41, 5.74) is 0.379. The maximum atomic E-state index is 12.0. The number of carbonyl (C=O) groups excluding carboxylic acids is 5. The summed E-state index contributed by atoms with van der Waals surface area (Å²) in [6.45, 7) is 18.3. The average molecular weight is 863 g/mol. The van der Waals surface area contributed by atoms with Gasteiger partial charge < -0.3 is 72.9 Å². The fourth-order valence-electron chi connectivity index (χ4n) is 3.98. The Morgan fingerprint density at radius 2 is 0.567 bits per heavy atom. The van der Waals surface area contributed by atoms with Crippen molar-refractivity contribution in [3.63, 3.8) is 0 Å². The van der Waals surface area contributed by atoms with Crippen molar-refractivity contribution in [1.29, 1.82) is 0 Å². The van der Waals surface area contributed by atoms with E-state index in [4.69, 9.17) is 47.4 Å². The van der Waals surface area contributed by atoms with Gasteiger partial charge in [0.05, 0.1) is 46.2 Å². The highest BCUT2D eigenvalue weighted by Gasteiger charge is 2.35. The Balaban J connectivity index is 6.68. The van der Waals surface area contributed by atoms with Crippen molar-refractivity contribution in [1.82, 2.24) is 0 Å². The third kappa shape index (κ3) is 26.0. The van der Waals surface area contributed by atoms with Crippen LogP contribution >= 0.6 is 0 Å². The first-order valence-electron chi connectivity index (χ1n) is 18.6. The molecule has 0 bridgehead atoms. The molecule has 0 aliphatic heterocycles. The normalized spacial score (nSPS) is 15.1. The Kier molecular flexibility index (Phi) is 28.4. The van der Waals surface area contributed by atoms with E-state index in [0.717, 1.165) is 0 Å². The Bertz CT molecular complexity index is 1360. The van der Waals surface area contributed by atoms with Crippen LogP contribution in [0, 0.1) is 0 Å². The van der Waals surface area contributed by atoms with Gasteiger partial charge in [-0.05, 0) is 34.6 Å². The van der Waals surface area contributed by atoms with Crippen molar-refractivity contribution in [3.05, 3.63) is 60.8 Å². The van der Waals surface area contributed by atoms with Gasteiger partial charge in [0.15, 0.2) is 0 Å². The molecule has 0 radical (unpaired) electrons. The second kappa shape index (κ2) is 30.6. The lowest BCUT2D eigenvalue weighted by atomic mass is 10.1. The van der Waals surface area contributed by atoms with Gasteiger partial charge in [0.25, 0.3) is 0 Å². The van der Waals surface area contributed by atoms with E-state index in [9.17, 15) is 49.5 Å². The molecular weight excluding hydrogens is 800 g/mol. The summed E-state index contributed by atoms with van der Waals surface area (Å²) in [4.78, 5) is 59.5. The highest BCUT2D eigenvalue weighted by atomic mass is 16.6. The summed E-state index contributed by atoms with van der Waals surface area (Å²) < 4.78 is 54.3. The Morgan fingerprint density at radius 1 is 0.350 bits per heavy atom. The number of esters is 5. The summed E-state index contributed by atoms with van der Waals surface area (Å²) >= 11 is 0. The van der Waals surface area contributed by atoms with Crippen LogP contribution in [0.4, 0.5) is 0 Å². The lowest BCUT2D eigenvalue weighted by Gasteiger charge is -2.35. The van der Waals surface area contributed by atoms with Gasteiger partial charge in [-0.2, -0.15) is 0 Å². The van der Waals surface area contributed by atoms with Crippen LogP contribution in [0.1, 0.15) is 34.6 Å². The van der Waals surface area contributed by atoms with Gasteiger partial charge in [-0.3, -0.25) is 0 Å². The van der Waals surface area contributed by atoms with Crippen LogP contribution in [0.5, 0.6) is 0 Å². The van der Waals surface area contributed by atoms with Crippen LogP contribution in [0.25, 0.3) is 0 Å². The molecular formula is C40H62O20. The zero-order valence-electron chi connectivity index (χ0n) is 35.0. The van der Waals surface area contributed by atoms with Crippen molar-refractivity contribution in [2.45, 2.75) is 83.5 Å². The van der Waals surface area contributed by atoms with Gasteiger partial charge in [0, 0.05) is 27.9 Å². The number of aliphatic hydroxyl groups excluding tert-OH is 5. The lowest BCUT2D eigenvalue weighted by Crippen LogP contribution is -2.50. The van der Waals surface area contributed by atoms with E-state index in [-0.39, 0.29) is 27.9 Å². The van der Waals surface area contributed by atoms with Gasteiger partial charge in [-0.15, -0.1) is 0 Å². The second-order valence-electron chi connectivity index (χ2n) is 13.8. The predicted octanol–water partition coefficient (Wildman–Crippen LogP) is -0.424. The first kappa shape index (κ1) is 55.7. The average Bonchev–Trinajstić information content (AvgIpc) is 3.18. The molecule has 8 atom stereocenters. The molecule has 0 amide bonds. The molecule has 60 heavy (non-hydrogen) atoms. The van der Waals surface area contributed by atoms with E-state index in [0.29, 0.717) is 0 Å². The second-order valence-corrected chi connectivity index (χ2v) is 13.8. The fraction of sp³-hybridized carbons (Fsp3) is 0.625. The minimum atomic E-state index is -1.46. The van der Waals surface area contributed by atoms with Gasteiger partial charge in [-0.25, -0.2) is 24.0 Å². The summed E-state index contributed by atoms with van der Waals surface area (Å²) in [5.74, 6) is -3.88. The third-order valence-corrected chi connectivity index (χ3v) is 7.18. The van der Waals surface area contributed by atoms with Crippen LogP contribution < -0.4 is 0 Å². The summed E-state index contributed by atoms with van der Waals surface area (Å²) in [5, 5.41) is 52.9. The van der Waals surface area contributed by atoms with Gasteiger partial charge >= 0.3 is 29.8 Å². The molecule has 0 fully saturated rings. The minimum absolute atomic E-state index is 0.0605. The molecule has 0 aromatic heterocycles. The number of aliphatic hydroxyl groups is 5. The number of carbonyl (C=O) groups is 5. The number of hydrogen-bond donors (Lipinski definition) is 5. The van der Waals surface area contributed by atoms with Crippen molar-refractivity contribution in [3.8, 4) is 0 Å². The zero-order chi connectivity index (χ0) is 45.9. The number of ether oxygens (including phenoxy) is 10. The molecule has 20 heteroatoms. The van der Waals surface area contributed by atoms with Crippen molar-refractivity contribution >= 4 is 29.8 Å². The SMILES string of the molecule is C=C(C)C(=O)OCC(O)COC[C@H](OCC(O)COC(=O)C(=C)C)[C@H](OCC(O)COC(=O)C(=C)C)[C@@H](COCC(O)COC(=O)C(=C)C)OCC(O)COC(=O)C(=C)C. The highest BCUT2D eigenvalue weighted by molar-refractivity contribution is 5.88. The maximum Gasteiger partial charge on any atom is 0.333 e. The summed E-state index contributed by atoms with van der Waals surface area (Å²) in [6, 6.07) is 0. The summed E-state index contributed by atoms with van der Waals surface area (Å²) in [6.07, 6.45) is -11.2. The van der Waals surface area contributed by atoms with E-state index in [1.165, 1.54) is 34.6 Å². The molecule has 0 aromatic rings. The molecule has 20 nitrogen and oxygen atoms in total. The Morgan fingerprint density at radius 3 is 0.800 bits per heavy atom. The van der Waals surface area contributed by atoms with Crippen LogP contribution in [0.15, 0.2) is 60.8 Å². The Hall–Kier alpha value is -4.35. The topological polar surface area (TPSA) is 279 Å². The van der Waals surface area contributed by atoms with Crippen molar-refractivity contribution in [2.75, 3.05) is 79.3 Å². The van der Waals surface area contributed by atoms with E-state index >= 15 is 0 Å². The zero-order valence-corrected chi connectivity index (χ0v) is 35.0. The fourth-order valence-corrected chi connectivity index (χ4v) is 3.98. The van der Waals surface area contributed by atoms with Crippen LogP contribution in [-0.4, -0.2) is 183 Å². The molecule has 0 spiro atoms. The molecule has 5 unspecified atom stereocenters. The van der Waals surface area contributed by atoms with Gasteiger partial charge in [0.2, 0.25) is 0 Å². The number of rotatable bonds is 34. The van der Waals surface area contributed by atoms with E-state index < -0.39 is 158 Å². The standard InChI is InChI=1S/C40H62O20/c1-23(2)36(46)56-16-28(41)11-51-21-33(53-13-30(43)18-58-38(48)25(5)6)35(55-15-32(45)20-60-40(50)27(9)10)34(54-14-31(44)19-59-39(49)26(7)8)22-52-12-29(42)17-57-37(47)24(3)4/h28-35,41-45H,1,3,5,7,9,11-22H2,2,4,6,8,10H3/t28?,29?,30?,31?,32?,33-,34+,35-. The molecule has 0 heterocycles. The lowest BCUT2D eigenvalue weighted by molar-refractivity contribution is -0.196. The largest absolute Gasteiger partial charge is 0.460 e. The molecule has 0 saturated carbocycles. The molecule has 0 aliphatic rings. The molecule has 0 rings (SSSR count). The molecule has 0 aromatic carbocycles. The first-order valence-corrected chi connectivity index (χ1v) is 18.6. The monoisotopic (exact) mass is 862 g/mol. The molecule has 342 valence electrons. The van der Waals surface area contributed by atoms with E-state index in [2.05, 4.69) is 32.9 Å². The highest BCUT2D eigenvalue weighted by Crippen LogP contribution is 2.17. The van der Waals surface area contributed by atoms with E-state index in [1.807, 2.05) is 0 Å². The van der Waals surface area contributed by atoms with Crippen LogP contribution in [0.2, 0.25) is 0 Å². The molecule has 0 aliphatic carbocycles. The molecule has 0 saturated heterocycles. The predicted molar refractivity (Wildman–Crippen MR) is 210 cm³/mol. The van der Waals surface area contributed by atoms with Gasteiger partial charge in [0.1, 0.15) is 81.9 Å². The quantitative estimate of drug-likeness (QED) is 0.0312. The smallest absolute Gasteiger partial charge is 0.333 e. The third-order valence-electron chi connectivity index (χ3n) is 7.18. The maximum absolute atomic E-state index is 12.0. The minimum Gasteiger partial charge on any atom is -0.460 e. The van der Waals surface area contributed by atoms with E-state index in [1.54, 1.807) is 0 Å².